The SMILES string of the molecule is CCc1ccc(NC(=O)C2(C)Cc3cc(C)ccc3C(=O)O2)cc1. The standard InChI is InChI=1S/C20H21NO3/c1-4-14-6-8-16(9-7-14)21-19(23)20(3)12-15-11-13(2)5-10-17(15)18(22)24-20/h5-11H,4,12H2,1-3H3,(H,21,23). The summed E-state index contributed by atoms with van der Waals surface area (Å²) in [5, 5.41) is 2.85. The smallest absolute Gasteiger partial charge is 0.339 e. The fourth-order valence-corrected chi connectivity index (χ4v) is 2.94. The van der Waals surface area contributed by atoms with Gasteiger partial charge in [-0.3, -0.25) is 4.79 Å². The van der Waals surface area contributed by atoms with Gasteiger partial charge in [0.1, 0.15) is 0 Å². The molecule has 0 saturated heterocycles. The Bertz CT molecular complexity index is 795. The molecule has 0 bridgehead atoms. The van der Waals surface area contributed by atoms with E-state index in [2.05, 4.69) is 12.2 Å². The third kappa shape index (κ3) is 3.04. The Morgan fingerprint density at radius 2 is 1.92 bits per heavy atom. The largest absolute Gasteiger partial charge is 0.445 e. The molecule has 1 unspecified atom stereocenters. The van der Waals surface area contributed by atoms with Crippen molar-refractivity contribution in [2.45, 2.75) is 39.2 Å². The Hall–Kier alpha value is -2.62. The van der Waals surface area contributed by atoms with Gasteiger partial charge in [-0.05, 0) is 49.6 Å². The van der Waals surface area contributed by atoms with Crippen LogP contribution in [0.1, 0.15) is 40.9 Å². The van der Waals surface area contributed by atoms with E-state index < -0.39 is 11.6 Å². The second-order valence-corrected chi connectivity index (χ2v) is 6.46. The van der Waals surface area contributed by atoms with Crippen LogP contribution >= 0.6 is 0 Å². The normalized spacial score (nSPS) is 19.4. The van der Waals surface area contributed by atoms with Gasteiger partial charge in [0.05, 0.1) is 5.56 Å². The number of amides is 1. The lowest BCUT2D eigenvalue weighted by Gasteiger charge is -2.33. The van der Waals surface area contributed by atoms with Crippen LogP contribution in [-0.2, 0) is 22.4 Å². The third-order valence-corrected chi connectivity index (χ3v) is 4.43. The molecule has 124 valence electrons. The Labute approximate surface area is 141 Å². The predicted molar refractivity (Wildman–Crippen MR) is 93.2 cm³/mol. The van der Waals surface area contributed by atoms with Crippen LogP contribution in [0.5, 0.6) is 0 Å². The number of fused-ring (bicyclic) bond motifs is 1. The van der Waals surface area contributed by atoms with Gasteiger partial charge in [0.25, 0.3) is 5.91 Å². The highest BCUT2D eigenvalue weighted by Crippen LogP contribution is 2.30. The van der Waals surface area contributed by atoms with Crippen molar-refractivity contribution in [1.29, 1.82) is 0 Å². The first kappa shape index (κ1) is 16.2. The summed E-state index contributed by atoms with van der Waals surface area (Å²) < 4.78 is 5.47. The highest BCUT2D eigenvalue weighted by atomic mass is 16.6. The number of carbonyl (C=O) groups is 2. The van der Waals surface area contributed by atoms with Crippen LogP contribution in [0.2, 0.25) is 0 Å². The second kappa shape index (κ2) is 6.11. The number of cyclic esters (lactones) is 1. The van der Waals surface area contributed by atoms with Crippen LogP contribution in [0.4, 0.5) is 5.69 Å². The number of ether oxygens (including phenoxy) is 1. The van der Waals surface area contributed by atoms with Crippen LogP contribution in [0.3, 0.4) is 0 Å². The molecular formula is C20H21NO3. The second-order valence-electron chi connectivity index (χ2n) is 6.46. The molecular weight excluding hydrogens is 302 g/mol. The highest BCUT2D eigenvalue weighted by Gasteiger charge is 2.42. The summed E-state index contributed by atoms with van der Waals surface area (Å²) in [5.74, 6) is -0.762. The molecule has 24 heavy (non-hydrogen) atoms. The van der Waals surface area contributed by atoms with Gasteiger partial charge < -0.3 is 10.1 Å². The highest BCUT2D eigenvalue weighted by molar-refractivity contribution is 6.02. The topological polar surface area (TPSA) is 55.4 Å². The zero-order valence-electron chi connectivity index (χ0n) is 14.2. The molecule has 1 amide bonds. The van der Waals surface area contributed by atoms with E-state index in [0.717, 1.165) is 17.5 Å². The maximum atomic E-state index is 12.7. The molecule has 2 aromatic rings. The van der Waals surface area contributed by atoms with E-state index in [-0.39, 0.29) is 5.91 Å². The molecule has 0 spiro atoms. The van der Waals surface area contributed by atoms with Gasteiger partial charge in [0.15, 0.2) is 5.60 Å². The molecule has 1 heterocycles. The van der Waals surface area contributed by atoms with Crippen molar-refractivity contribution in [3.05, 3.63) is 64.7 Å². The molecule has 1 atom stereocenters. The lowest BCUT2D eigenvalue weighted by atomic mass is 9.88. The number of esters is 1. The van der Waals surface area contributed by atoms with Crippen molar-refractivity contribution < 1.29 is 14.3 Å². The van der Waals surface area contributed by atoms with E-state index in [9.17, 15) is 9.59 Å². The number of benzene rings is 2. The van der Waals surface area contributed by atoms with Crippen molar-refractivity contribution in [1.82, 2.24) is 0 Å². The Morgan fingerprint density at radius 3 is 2.58 bits per heavy atom. The molecule has 4 heteroatoms. The zero-order valence-corrected chi connectivity index (χ0v) is 14.2. The van der Waals surface area contributed by atoms with E-state index in [0.29, 0.717) is 17.7 Å². The van der Waals surface area contributed by atoms with Crippen LogP contribution in [0, 0.1) is 6.92 Å². The molecule has 0 radical (unpaired) electrons. The van der Waals surface area contributed by atoms with Gasteiger partial charge in [0, 0.05) is 12.1 Å². The van der Waals surface area contributed by atoms with Crippen LogP contribution in [-0.4, -0.2) is 17.5 Å². The van der Waals surface area contributed by atoms with Gasteiger partial charge in [-0.2, -0.15) is 0 Å². The number of nitrogens with one attached hydrogen (secondary N) is 1. The molecule has 1 aliphatic rings. The van der Waals surface area contributed by atoms with Crippen molar-refractivity contribution in [2.24, 2.45) is 0 Å². The molecule has 0 aromatic heterocycles. The van der Waals surface area contributed by atoms with E-state index in [1.165, 1.54) is 5.56 Å². The molecule has 2 aromatic carbocycles. The van der Waals surface area contributed by atoms with E-state index in [1.54, 1.807) is 13.0 Å². The van der Waals surface area contributed by atoms with Crippen molar-refractivity contribution in [2.75, 3.05) is 5.32 Å². The minimum Gasteiger partial charge on any atom is -0.445 e. The quantitative estimate of drug-likeness (QED) is 0.877. The molecule has 1 N–H and O–H groups in total. The number of rotatable bonds is 3. The van der Waals surface area contributed by atoms with Gasteiger partial charge in [0.2, 0.25) is 0 Å². The summed E-state index contributed by atoms with van der Waals surface area (Å²) in [5.41, 5.74) is 3.14. The third-order valence-electron chi connectivity index (χ3n) is 4.43. The molecule has 0 fully saturated rings. The van der Waals surface area contributed by atoms with E-state index in [1.807, 2.05) is 43.3 Å². The molecule has 0 aliphatic carbocycles. The lowest BCUT2D eigenvalue weighted by molar-refractivity contribution is -0.134. The first-order valence-electron chi connectivity index (χ1n) is 8.14. The molecule has 0 saturated carbocycles. The van der Waals surface area contributed by atoms with Crippen LogP contribution < -0.4 is 5.32 Å². The number of aryl methyl sites for hydroxylation is 2. The summed E-state index contributed by atoms with van der Waals surface area (Å²) >= 11 is 0. The lowest BCUT2D eigenvalue weighted by Crippen LogP contribution is -2.48. The minimum atomic E-state index is -1.21. The van der Waals surface area contributed by atoms with E-state index >= 15 is 0 Å². The number of hydrogen-bond donors (Lipinski definition) is 1. The summed E-state index contributed by atoms with van der Waals surface area (Å²) in [6.45, 7) is 5.70. The summed E-state index contributed by atoms with van der Waals surface area (Å²) in [6, 6.07) is 13.3. The first-order chi connectivity index (χ1) is 11.4. The predicted octanol–water partition coefficient (Wildman–Crippen LogP) is 3.67. The monoisotopic (exact) mass is 323 g/mol. The van der Waals surface area contributed by atoms with Crippen LogP contribution in [0.25, 0.3) is 0 Å². The van der Waals surface area contributed by atoms with Crippen molar-refractivity contribution in [3.8, 4) is 0 Å². The molecule has 1 aliphatic heterocycles. The van der Waals surface area contributed by atoms with Gasteiger partial charge in [-0.25, -0.2) is 4.79 Å². The van der Waals surface area contributed by atoms with Crippen molar-refractivity contribution >= 4 is 17.6 Å². The minimum absolute atomic E-state index is 0.313. The maximum absolute atomic E-state index is 12.7. The number of hydrogen-bond acceptors (Lipinski definition) is 3. The van der Waals surface area contributed by atoms with Crippen molar-refractivity contribution in [3.63, 3.8) is 0 Å². The Kier molecular flexibility index (Phi) is 4.14. The van der Waals surface area contributed by atoms with Gasteiger partial charge in [-0.1, -0.05) is 36.8 Å². The fraction of sp³-hybridized carbons (Fsp3) is 0.300. The first-order valence-corrected chi connectivity index (χ1v) is 8.14. The van der Waals surface area contributed by atoms with E-state index in [4.69, 9.17) is 4.74 Å². The fourth-order valence-electron chi connectivity index (χ4n) is 2.94. The number of anilines is 1. The Balaban J connectivity index is 1.82. The maximum Gasteiger partial charge on any atom is 0.339 e. The summed E-state index contributed by atoms with van der Waals surface area (Å²) in [7, 11) is 0. The average Bonchev–Trinajstić information content (AvgIpc) is 2.55. The average molecular weight is 323 g/mol. The van der Waals surface area contributed by atoms with Gasteiger partial charge in [-0.15, -0.1) is 0 Å². The summed E-state index contributed by atoms with van der Waals surface area (Å²) in [4.78, 5) is 24.9. The number of carbonyl (C=O) groups excluding carboxylic acids is 2. The molecule has 3 rings (SSSR count). The molecule has 4 nitrogen and oxygen atoms in total. The zero-order chi connectivity index (χ0) is 17.3. The van der Waals surface area contributed by atoms with Crippen LogP contribution in [0.15, 0.2) is 42.5 Å². The van der Waals surface area contributed by atoms with Gasteiger partial charge >= 0.3 is 5.97 Å². The summed E-state index contributed by atoms with van der Waals surface area (Å²) in [6.07, 6.45) is 1.31. The Morgan fingerprint density at radius 1 is 1.21 bits per heavy atom.